The fraction of sp³-hybridized carbons (Fsp3) is 1.00. The second-order valence-corrected chi connectivity index (χ2v) is 9.55. The molecule has 0 N–H and O–H groups in total. The predicted molar refractivity (Wildman–Crippen MR) is 83.1 cm³/mol. The van der Waals surface area contributed by atoms with E-state index >= 15 is 0 Å². The molecule has 3 saturated heterocycles. The maximum Gasteiger partial charge on any atom is 0.216 e. The van der Waals surface area contributed by atoms with Gasteiger partial charge in [-0.2, -0.15) is 4.31 Å². The Labute approximate surface area is 133 Å². The molecule has 2 unspecified atom stereocenters. The molecule has 1 saturated carbocycles. The van der Waals surface area contributed by atoms with Crippen LogP contribution in [0.4, 0.5) is 0 Å². The molecule has 0 amide bonds. The molecule has 0 aromatic heterocycles. The molecule has 3 aliphatic heterocycles. The highest BCUT2D eigenvalue weighted by Gasteiger charge is 2.45. The summed E-state index contributed by atoms with van der Waals surface area (Å²) in [6, 6.07) is 0.274. The molecule has 126 valence electrons. The van der Waals surface area contributed by atoms with E-state index in [2.05, 4.69) is 0 Å². The van der Waals surface area contributed by atoms with Gasteiger partial charge in [-0.25, -0.2) is 8.42 Å². The van der Waals surface area contributed by atoms with Gasteiger partial charge in [0.05, 0.1) is 17.5 Å². The highest BCUT2D eigenvalue weighted by Crippen LogP contribution is 2.41. The molecule has 0 aromatic carbocycles. The van der Waals surface area contributed by atoms with E-state index in [1.807, 2.05) is 0 Å². The number of ether oxygens (including phenoxy) is 2. The summed E-state index contributed by atoms with van der Waals surface area (Å²) in [6.07, 6.45) is 8.28. The third-order valence-electron chi connectivity index (χ3n) is 5.89. The van der Waals surface area contributed by atoms with Gasteiger partial charge in [0.2, 0.25) is 10.0 Å². The molecule has 5 nitrogen and oxygen atoms in total. The number of sulfonamides is 1. The molecule has 3 heterocycles. The Morgan fingerprint density at radius 2 is 1.82 bits per heavy atom. The van der Waals surface area contributed by atoms with Crippen molar-refractivity contribution in [3.05, 3.63) is 0 Å². The molecule has 22 heavy (non-hydrogen) atoms. The molecule has 1 aliphatic carbocycles. The second-order valence-electron chi connectivity index (χ2n) is 7.58. The van der Waals surface area contributed by atoms with Crippen molar-refractivity contribution in [2.24, 2.45) is 5.92 Å². The Morgan fingerprint density at radius 1 is 1.05 bits per heavy atom. The fourth-order valence-electron chi connectivity index (χ4n) is 4.21. The summed E-state index contributed by atoms with van der Waals surface area (Å²) < 4.78 is 38.7. The number of rotatable bonds is 5. The van der Waals surface area contributed by atoms with E-state index in [1.54, 1.807) is 4.31 Å². The van der Waals surface area contributed by atoms with Crippen molar-refractivity contribution in [1.29, 1.82) is 0 Å². The van der Waals surface area contributed by atoms with E-state index < -0.39 is 10.0 Å². The highest BCUT2D eigenvalue weighted by atomic mass is 32.2. The van der Waals surface area contributed by atoms with E-state index in [1.165, 1.54) is 12.8 Å². The Bertz CT molecular complexity index is 510. The van der Waals surface area contributed by atoms with Crippen LogP contribution in [0.2, 0.25) is 0 Å². The third kappa shape index (κ3) is 3.07. The van der Waals surface area contributed by atoms with Crippen molar-refractivity contribution >= 4 is 10.0 Å². The van der Waals surface area contributed by atoms with Gasteiger partial charge in [0.1, 0.15) is 0 Å². The van der Waals surface area contributed by atoms with Crippen LogP contribution in [0.1, 0.15) is 51.4 Å². The molecule has 0 aromatic rings. The minimum absolute atomic E-state index is 0.0964. The highest BCUT2D eigenvalue weighted by molar-refractivity contribution is 7.89. The lowest BCUT2D eigenvalue weighted by molar-refractivity contribution is -0.0981. The van der Waals surface area contributed by atoms with Crippen LogP contribution in [-0.2, 0) is 19.5 Å². The lowest BCUT2D eigenvalue weighted by Gasteiger charge is -2.40. The van der Waals surface area contributed by atoms with Crippen LogP contribution in [0.25, 0.3) is 0 Å². The summed E-state index contributed by atoms with van der Waals surface area (Å²) in [6.45, 7) is 2.20. The molecule has 4 aliphatic rings. The van der Waals surface area contributed by atoms with Crippen molar-refractivity contribution in [1.82, 2.24) is 4.31 Å². The lowest BCUT2D eigenvalue weighted by Crippen LogP contribution is -2.53. The van der Waals surface area contributed by atoms with Gasteiger partial charge in [-0.05, 0) is 44.4 Å². The average molecular weight is 329 g/mol. The Hall–Kier alpha value is -0.170. The van der Waals surface area contributed by atoms with Gasteiger partial charge in [0, 0.05) is 25.8 Å². The zero-order valence-electron chi connectivity index (χ0n) is 13.2. The summed E-state index contributed by atoms with van der Waals surface area (Å²) in [4.78, 5) is 0. The maximum atomic E-state index is 12.7. The first-order valence-electron chi connectivity index (χ1n) is 8.81. The van der Waals surface area contributed by atoms with E-state index in [-0.39, 0.29) is 23.5 Å². The Morgan fingerprint density at radius 3 is 2.45 bits per heavy atom. The van der Waals surface area contributed by atoms with E-state index in [0.717, 1.165) is 57.7 Å². The maximum absolute atomic E-state index is 12.7. The fourth-order valence-corrected chi connectivity index (χ4v) is 6.14. The van der Waals surface area contributed by atoms with Gasteiger partial charge < -0.3 is 9.47 Å². The molecular formula is C16H27NO4S. The molecule has 0 radical (unpaired) electrons. The topological polar surface area (TPSA) is 55.8 Å². The first-order chi connectivity index (χ1) is 10.6. The largest absolute Gasteiger partial charge is 0.381 e. The molecule has 4 rings (SSSR count). The molecule has 6 heteroatoms. The van der Waals surface area contributed by atoms with Crippen molar-refractivity contribution in [3.63, 3.8) is 0 Å². The van der Waals surface area contributed by atoms with Crippen LogP contribution < -0.4 is 0 Å². The van der Waals surface area contributed by atoms with Crippen LogP contribution in [0.5, 0.6) is 0 Å². The van der Waals surface area contributed by atoms with E-state index in [9.17, 15) is 8.42 Å². The summed E-state index contributed by atoms with van der Waals surface area (Å²) in [7, 11) is -3.15. The van der Waals surface area contributed by atoms with Crippen LogP contribution in [0.15, 0.2) is 0 Å². The zero-order chi connectivity index (χ0) is 15.2. The molecule has 2 atom stereocenters. The summed E-state index contributed by atoms with van der Waals surface area (Å²) >= 11 is 0. The van der Waals surface area contributed by atoms with Gasteiger partial charge >= 0.3 is 0 Å². The smallest absolute Gasteiger partial charge is 0.216 e. The number of hydrogen-bond acceptors (Lipinski definition) is 4. The van der Waals surface area contributed by atoms with Crippen molar-refractivity contribution in [2.45, 2.75) is 69.1 Å². The van der Waals surface area contributed by atoms with Gasteiger partial charge in [-0.3, -0.25) is 0 Å². The van der Waals surface area contributed by atoms with Crippen LogP contribution in [0, 0.1) is 5.92 Å². The molecular weight excluding hydrogens is 302 g/mol. The minimum Gasteiger partial charge on any atom is -0.381 e. The third-order valence-corrected chi connectivity index (χ3v) is 7.88. The van der Waals surface area contributed by atoms with Crippen molar-refractivity contribution in [3.8, 4) is 0 Å². The van der Waals surface area contributed by atoms with E-state index in [4.69, 9.17) is 9.47 Å². The summed E-state index contributed by atoms with van der Waals surface area (Å²) in [5, 5.41) is 0. The van der Waals surface area contributed by atoms with Crippen LogP contribution in [0.3, 0.4) is 0 Å². The second kappa shape index (κ2) is 5.72. The lowest BCUT2D eigenvalue weighted by atomic mass is 9.91. The van der Waals surface area contributed by atoms with E-state index in [0.29, 0.717) is 6.54 Å². The summed E-state index contributed by atoms with van der Waals surface area (Å²) in [5.41, 5.74) is -0.0964. The first-order valence-corrected chi connectivity index (χ1v) is 10.4. The van der Waals surface area contributed by atoms with Gasteiger partial charge in [0.25, 0.3) is 0 Å². The molecule has 0 bridgehead atoms. The van der Waals surface area contributed by atoms with Gasteiger partial charge in [-0.1, -0.05) is 12.8 Å². The quantitative estimate of drug-likeness (QED) is 0.773. The Kier molecular flexibility index (Phi) is 4.00. The molecule has 1 spiro atoms. The molecule has 4 fully saturated rings. The van der Waals surface area contributed by atoms with Gasteiger partial charge in [0.15, 0.2) is 0 Å². The van der Waals surface area contributed by atoms with Crippen molar-refractivity contribution < 1.29 is 17.9 Å². The van der Waals surface area contributed by atoms with Crippen LogP contribution in [-0.4, -0.2) is 56.0 Å². The normalized spacial score (nSPS) is 35.6. The average Bonchev–Trinajstić information content (AvgIpc) is 3.19. The van der Waals surface area contributed by atoms with Crippen molar-refractivity contribution in [2.75, 3.05) is 25.5 Å². The Balaban J connectivity index is 1.34. The van der Waals surface area contributed by atoms with Crippen LogP contribution >= 0.6 is 0 Å². The minimum atomic E-state index is -3.15. The standard InChI is InChI=1S/C16H27NO4S/c18-22(19,17-8-4-14(17)11-13-1-2-13)12-15-3-5-16(21-15)6-9-20-10-7-16/h13-15H,1-12H2. The monoisotopic (exact) mass is 329 g/mol. The first kappa shape index (κ1) is 15.4. The number of nitrogens with zero attached hydrogens (tertiary/aromatic N) is 1. The number of hydrogen-bond donors (Lipinski definition) is 0. The van der Waals surface area contributed by atoms with Gasteiger partial charge in [-0.15, -0.1) is 0 Å². The summed E-state index contributed by atoms with van der Waals surface area (Å²) in [5.74, 6) is 0.966. The predicted octanol–water partition coefficient (Wildman–Crippen LogP) is 1.92. The zero-order valence-corrected chi connectivity index (χ0v) is 14.0. The SMILES string of the molecule is O=S(=O)(CC1CCC2(CCOCC2)O1)N1CCC1CC1CC1.